The van der Waals surface area contributed by atoms with Gasteiger partial charge >= 0.3 is 0 Å². The molecule has 1 aromatic carbocycles. The fourth-order valence-electron chi connectivity index (χ4n) is 1.94. The third-order valence-electron chi connectivity index (χ3n) is 3.01. The molecule has 0 amide bonds. The van der Waals surface area contributed by atoms with Crippen molar-refractivity contribution < 1.29 is 9.47 Å². The van der Waals surface area contributed by atoms with E-state index in [1.807, 2.05) is 26.0 Å². The Morgan fingerprint density at radius 2 is 1.74 bits per heavy atom. The molecule has 0 saturated carbocycles. The fourth-order valence-corrected chi connectivity index (χ4v) is 1.94. The molecule has 1 fully saturated rings. The summed E-state index contributed by atoms with van der Waals surface area (Å²) in [7, 11) is 0. The molecule has 0 spiro atoms. The van der Waals surface area contributed by atoms with Crippen molar-refractivity contribution in [2.75, 3.05) is 39.5 Å². The summed E-state index contributed by atoms with van der Waals surface area (Å²) >= 11 is 0. The molecule has 2 rings (SSSR count). The van der Waals surface area contributed by atoms with Crippen LogP contribution in [0.2, 0.25) is 0 Å². The number of benzene rings is 1. The average molecular weight is 265 g/mol. The number of hydrogen-bond donors (Lipinski definition) is 0. The van der Waals surface area contributed by atoms with Crippen LogP contribution in [0.4, 0.5) is 0 Å². The molecule has 1 heterocycles. The van der Waals surface area contributed by atoms with Crippen LogP contribution in [0.5, 0.6) is 5.75 Å². The normalized spacial score (nSPS) is 15.5. The molecular weight excluding hydrogens is 238 g/mol. The van der Waals surface area contributed by atoms with E-state index in [1.54, 1.807) is 0 Å². The van der Waals surface area contributed by atoms with Gasteiger partial charge in [0.2, 0.25) is 0 Å². The Morgan fingerprint density at radius 3 is 2.37 bits per heavy atom. The highest BCUT2D eigenvalue weighted by atomic mass is 16.5. The Labute approximate surface area is 117 Å². The van der Waals surface area contributed by atoms with Crippen LogP contribution < -0.4 is 4.74 Å². The second-order valence-electron chi connectivity index (χ2n) is 4.47. The number of aryl methyl sites for hydroxylation is 1. The van der Waals surface area contributed by atoms with Gasteiger partial charge in [0.1, 0.15) is 5.75 Å². The largest absolute Gasteiger partial charge is 0.494 e. The van der Waals surface area contributed by atoms with E-state index in [-0.39, 0.29) is 0 Å². The first-order chi connectivity index (χ1) is 9.34. The summed E-state index contributed by atoms with van der Waals surface area (Å²) in [4.78, 5) is 2.43. The lowest BCUT2D eigenvalue weighted by Crippen LogP contribution is -2.37. The average Bonchev–Trinajstić information content (AvgIpc) is 2.49. The monoisotopic (exact) mass is 265 g/mol. The van der Waals surface area contributed by atoms with Gasteiger partial charge in [-0.1, -0.05) is 31.5 Å². The lowest BCUT2D eigenvalue weighted by Gasteiger charge is -2.26. The molecule has 0 atom stereocenters. The lowest BCUT2D eigenvalue weighted by atomic mass is 10.2. The van der Waals surface area contributed by atoms with Crippen LogP contribution in [0.1, 0.15) is 25.8 Å². The van der Waals surface area contributed by atoms with E-state index in [9.17, 15) is 0 Å². The van der Waals surface area contributed by atoms with Crippen LogP contribution in [0.15, 0.2) is 24.3 Å². The van der Waals surface area contributed by atoms with Crippen LogP contribution in [0.25, 0.3) is 0 Å². The van der Waals surface area contributed by atoms with E-state index in [2.05, 4.69) is 24.0 Å². The highest BCUT2D eigenvalue weighted by Crippen LogP contribution is 2.11. The molecule has 108 valence electrons. The van der Waals surface area contributed by atoms with Gasteiger partial charge in [0.15, 0.2) is 0 Å². The van der Waals surface area contributed by atoms with Gasteiger partial charge in [-0.05, 0) is 25.5 Å². The van der Waals surface area contributed by atoms with Crippen LogP contribution in [0, 0.1) is 6.92 Å². The molecule has 19 heavy (non-hydrogen) atoms. The van der Waals surface area contributed by atoms with E-state index >= 15 is 0 Å². The Morgan fingerprint density at radius 1 is 1.11 bits per heavy atom. The van der Waals surface area contributed by atoms with Crippen LogP contribution >= 0.6 is 0 Å². The minimum Gasteiger partial charge on any atom is -0.494 e. The second kappa shape index (κ2) is 9.82. The van der Waals surface area contributed by atoms with Gasteiger partial charge in [-0.2, -0.15) is 0 Å². The van der Waals surface area contributed by atoms with E-state index in [0.29, 0.717) is 0 Å². The van der Waals surface area contributed by atoms with Crippen molar-refractivity contribution in [1.29, 1.82) is 0 Å². The molecule has 0 bridgehead atoms. The van der Waals surface area contributed by atoms with Crippen molar-refractivity contribution in [1.82, 2.24) is 4.90 Å². The summed E-state index contributed by atoms with van der Waals surface area (Å²) in [5, 5.41) is 0. The molecule has 3 heteroatoms. The highest BCUT2D eigenvalue weighted by Gasteiger charge is 2.09. The smallest absolute Gasteiger partial charge is 0.119 e. The molecule has 0 aliphatic carbocycles. The van der Waals surface area contributed by atoms with Gasteiger partial charge in [-0.15, -0.1) is 0 Å². The first kappa shape index (κ1) is 16.0. The molecule has 0 unspecified atom stereocenters. The van der Waals surface area contributed by atoms with Crippen molar-refractivity contribution in [3.63, 3.8) is 0 Å². The van der Waals surface area contributed by atoms with Crippen LogP contribution in [-0.4, -0.2) is 44.4 Å². The van der Waals surface area contributed by atoms with Crippen LogP contribution in [0.3, 0.4) is 0 Å². The second-order valence-corrected chi connectivity index (χ2v) is 4.47. The third kappa shape index (κ3) is 6.60. The minimum atomic E-state index is 0.792. The van der Waals surface area contributed by atoms with Gasteiger partial charge in [-0.25, -0.2) is 0 Å². The quantitative estimate of drug-likeness (QED) is 0.764. The zero-order valence-corrected chi connectivity index (χ0v) is 12.5. The van der Waals surface area contributed by atoms with Crippen molar-refractivity contribution in [3.8, 4) is 5.75 Å². The van der Waals surface area contributed by atoms with Gasteiger partial charge in [0.05, 0.1) is 19.8 Å². The van der Waals surface area contributed by atoms with Crippen molar-refractivity contribution in [3.05, 3.63) is 29.8 Å². The van der Waals surface area contributed by atoms with E-state index < -0.39 is 0 Å². The summed E-state index contributed by atoms with van der Waals surface area (Å²) in [6, 6.07) is 8.22. The Balaban J connectivity index is 0.000000861. The number of hydrogen-bond acceptors (Lipinski definition) is 3. The van der Waals surface area contributed by atoms with Gasteiger partial charge in [-0.3, -0.25) is 4.90 Å². The maximum Gasteiger partial charge on any atom is 0.119 e. The summed E-state index contributed by atoms with van der Waals surface area (Å²) in [6.45, 7) is 11.9. The molecule has 3 nitrogen and oxygen atoms in total. The van der Waals surface area contributed by atoms with E-state index in [4.69, 9.17) is 9.47 Å². The van der Waals surface area contributed by atoms with E-state index in [0.717, 1.165) is 51.6 Å². The number of nitrogens with zero attached hydrogens (tertiary/aromatic N) is 1. The highest BCUT2D eigenvalue weighted by molar-refractivity contribution is 5.26. The first-order valence-electron chi connectivity index (χ1n) is 7.34. The predicted molar refractivity (Wildman–Crippen MR) is 79.9 cm³/mol. The van der Waals surface area contributed by atoms with Gasteiger partial charge in [0.25, 0.3) is 0 Å². The van der Waals surface area contributed by atoms with E-state index in [1.165, 1.54) is 5.56 Å². The SMILES string of the molecule is CC.Cc1ccc(OCCCN2CCOCC2)cc1. The summed E-state index contributed by atoms with van der Waals surface area (Å²) < 4.78 is 11.0. The summed E-state index contributed by atoms with van der Waals surface area (Å²) in [5.41, 5.74) is 1.27. The molecule has 0 N–H and O–H groups in total. The predicted octanol–water partition coefficient (Wildman–Crippen LogP) is 3.12. The molecule has 1 aromatic rings. The Kier molecular flexibility index (Phi) is 8.26. The lowest BCUT2D eigenvalue weighted by molar-refractivity contribution is 0.0358. The minimum absolute atomic E-state index is 0.792. The molecule has 1 aliphatic heterocycles. The number of ether oxygens (including phenoxy) is 2. The zero-order chi connectivity index (χ0) is 13.9. The molecule has 1 saturated heterocycles. The number of morpholine rings is 1. The van der Waals surface area contributed by atoms with Gasteiger partial charge < -0.3 is 9.47 Å². The Bertz CT molecular complexity index is 318. The maximum absolute atomic E-state index is 5.69. The molecule has 0 aromatic heterocycles. The summed E-state index contributed by atoms with van der Waals surface area (Å²) in [6.07, 6.45) is 1.08. The molecular formula is C16H27NO2. The van der Waals surface area contributed by atoms with Crippen molar-refractivity contribution in [2.45, 2.75) is 27.2 Å². The molecule has 0 radical (unpaired) electrons. The third-order valence-corrected chi connectivity index (χ3v) is 3.01. The van der Waals surface area contributed by atoms with Crippen LogP contribution in [-0.2, 0) is 4.74 Å². The maximum atomic E-state index is 5.69. The topological polar surface area (TPSA) is 21.7 Å². The first-order valence-corrected chi connectivity index (χ1v) is 7.34. The molecule has 1 aliphatic rings. The number of rotatable bonds is 5. The van der Waals surface area contributed by atoms with Crippen molar-refractivity contribution >= 4 is 0 Å². The zero-order valence-electron chi connectivity index (χ0n) is 12.5. The Hall–Kier alpha value is -1.06. The van der Waals surface area contributed by atoms with Gasteiger partial charge in [0, 0.05) is 19.6 Å². The fraction of sp³-hybridized carbons (Fsp3) is 0.625. The standard InChI is InChI=1S/C14H21NO2.C2H6/c1-13-3-5-14(6-4-13)17-10-2-7-15-8-11-16-12-9-15;1-2/h3-6H,2,7-12H2,1H3;1-2H3. The summed E-state index contributed by atoms with van der Waals surface area (Å²) in [5.74, 6) is 0.970. The van der Waals surface area contributed by atoms with Crippen molar-refractivity contribution in [2.24, 2.45) is 0 Å².